The molecule has 0 saturated carbocycles. The fraction of sp³-hybridized carbons (Fsp3) is 0.222. The van der Waals surface area contributed by atoms with Crippen LogP contribution in [0.25, 0.3) is 0 Å². The maximum absolute atomic E-state index is 10.5. The minimum absolute atomic E-state index is 0.00820. The molecule has 82 valence electrons. The number of carbonyl (C=O) groups excluding carboxylic acids is 1. The van der Waals surface area contributed by atoms with Crippen molar-refractivity contribution < 1.29 is 19.9 Å². The molecule has 0 fully saturated rings. The van der Waals surface area contributed by atoms with Gasteiger partial charge in [0.1, 0.15) is 0 Å². The van der Waals surface area contributed by atoms with Crippen LogP contribution in [0.3, 0.4) is 0 Å². The summed E-state index contributed by atoms with van der Waals surface area (Å²) in [5, 5.41) is 24.2. The van der Waals surface area contributed by atoms with Crippen molar-refractivity contribution >= 4 is 13.2 Å². The van der Waals surface area contributed by atoms with Gasteiger partial charge in [-0.05, 0) is 5.56 Å². The van der Waals surface area contributed by atoms with E-state index in [1.165, 1.54) is 6.92 Å². The summed E-state index contributed by atoms with van der Waals surface area (Å²) in [6.45, 7) is 2.14. The van der Waals surface area contributed by atoms with E-state index in [1.54, 1.807) is 0 Å². The van der Waals surface area contributed by atoms with E-state index in [-0.39, 0.29) is 5.91 Å². The second-order valence-corrected chi connectivity index (χ2v) is 2.74. The van der Waals surface area contributed by atoms with Crippen LogP contribution in [0, 0.1) is 0 Å². The van der Waals surface area contributed by atoms with Crippen molar-refractivity contribution in [3.8, 4) is 0 Å². The second-order valence-electron chi connectivity index (χ2n) is 2.74. The molecule has 0 bridgehead atoms. The molecule has 0 radical (unpaired) electrons. The van der Waals surface area contributed by atoms with Crippen molar-refractivity contribution in [3.05, 3.63) is 35.9 Å². The molecule has 1 aromatic carbocycles. The lowest BCUT2D eigenvalue weighted by molar-refractivity contribution is -0.119. The molecule has 15 heavy (non-hydrogen) atoms. The van der Waals surface area contributed by atoms with E-state index in [0.29, 0.717) is 6.54 Å². The summed E-state index contributed by atoms with van der Waals surface area (Å²) in [7, 11) is -2.17. The van der Waals surface area contributed by atoms with Crippen LogP contribution in [0.1, 0.15) is 12.5 Å². The summed E-state index contributed by atoms with van der Waals surface area (Å²) in [5.41, 5.74) is 1.13. The van der Waals surface area contributed by atoms with E-state index in [0.717, 1.165) is 5.56 Å². The molecule has 0 aromatic heterocycles. The lowest BCUT2D eigenvalue weighted by Crippen LogP contribution is -2.18. The van der Waals surface area contributed by atoms with Gasteiger partial charge < -0.3 is 20.4 Å². The fourth-order valence-corrected chi connectivity index (χ4v) is 0.822. The first-order valence-electron chi connectivity index (χ1n) is 4.35. The summed E-state index contributed by atoms with van der Waals surface area (Å²) in [6, 6.07) is 9.83. The van der Waals surface area contributed by atoms with Crippen molar-refractivity contribution in [2.45, 2.75) is 13.5 Å². The third-order valence-corrected chi connectivity index (χ3v) is 1.38. The number of rotatable bonds is 2. The van der Waals surface area contributed by atoms with Crippen molar-refractivity contribution in [1.29, 1.82) is 0 Å². The number of benzene rings is 1. The van der Waals surface area contributed by atoms with Crippen LogP contribution in [0.4, 0.5) is 0 Å². The molecule has 5 nitrogen and oxygen atoms in total. The van der Waals surface area contributed by atoms with Crippen molar-refractivity contribution in [3.63, 3.8) is 0 Å². The van der Waals surface area contributed by atoms with Crippen LogP contribution in [-0.2, 0) is 11.3 Å². The molecule has 0 spiro atoms. The summed E-state index contributed by atoms with van der Waals surface area (Å²) in [4.78, 5) is 10.5. The third-order valence-electron chi connectivity index (χ3n) is 1.38. The second kappa shape index (κ2) is 7.99. The average Bonchev–Trinajstić information content (AvgIpc) is 2.15. The van der Waals surface area contributed by atoms with Crippen molar-refractivity contribution in [2.75, 3.05) is 0 Å². The van der Waals surface area contributed by atoms with E-state index in [9.17, 15) is 4.79 Å². The van der Waals surface area contributed by atoms with E-state index >= 15 is 0 Å². The number of carbonyl (C=O) groups is 1. The Morgan fingerprint density at radius 1 is 1.27 bits per heavy atom. The first kappa shape index (κ1) is 13.6. The van der Waals surface area contributed by atoms with Crippen LogP contribution < -0.4 is 5.32 Å². The quantitative estimate of drug-likeness (QED) is 0.485. The maximum atomic E-state index is 10.5. The maximum Gasteiger partial charge on any atom is 0.631 e. The molecule has 0 aliphatic carbocycles. The van der Waals surface area contributed by atoms with Crippen molar-refractivity contribution in [1.82, 2.24) is 5.32 Å². The molecular weight excluding hydrogens is 197 g/mol. The number of amides is 1. The van der Waals surface area contributed by atoms with Gasteiger partial charge in [0.05, 0.1) is 0 Å². The van der Waals surface area contributed by atoms with Gasteiger partial charge in [-0.25, -0.2) is 0 Å². The van der Waals surface area contributed by atoms with Gasteiger partial charge in [-0.2, -0.15) is 0 Å². The van der Waals surface area contributed by atoms with Crippen LogP contribution >= 0.6 is 0 Å². The molecule has 4 N–H and O–H groups in total. The number of nitrogens with one attached hydrogen (secondary N) is 1. The lowest BCUT2D eigenvalue weighted by Gasteiger charge is -2.00. The molecule has 0 aliphatic rings. The van der Waals surface area contributed by atoms with E-state index in [2.05, 4.69) is 5.32 Å². The van der Waals surface area contributed by atoms with Gasteiger partial charge in [0.25, 0.3) is 0 Å². The van der Waals surface area contributed by atoms with Crippen LogP contribution in [0.5, 0.6) is 0 Å². The Kier molecular flexibility index (Phi) is 7.26. The first-order valence-corrected chi connectivity index (χ1v) is 4.35. The Morgan fingerprint density at radius 3 is 2.13 bits per heavy atom. The minimum atomic E-state index is -2.17. The summed E-state index contributed by atoms with van der Waals surface area (Å²) in [5.74, 6) is 0.00820. The zero-order valence-corrected chi connectivity index (χ0v) is 8.42. The molecule has 1 rings (SSSR count). The van der Waals surface area contributed by atoms with E-state index < -0.39 is 7.32 Å². The Morgan fingerprint density at radius 2 is 1.73 bits per heavy atom. The Bertz CT molecular complexity index is 276. The predicted molar refractivity (Wildman–Crippen MR) is 56.4 cm³/mol. The van der Waals surface area contributed by atoms with Gasteiger partial charge in [-0.3, -0.25) is 4.79 Å². The van der Waals surface area contributed by atoms with Crippen molar-refractivity contribution in [2.24, 2.45) is 0 Å². The molecule has 0 atom stereocenters. The van der Waals surface area contributed by atoms with E-state index in [4.69, 9.17) is 15.1 Å². The zero-order chi connectivity index (χ0) is 11.7. The molecule has 6 heteroatoms. The SMILES string of the molecule is CC(=O)NCc1ccccc1.OB(O)O. The van der Waals surface area contributed by atoms with Gasteiger partial charge in [0.15, 0.2) is 0 Å². The third kappa shape index (κ3) is 10.6. The minimum Gasteiger partial charge on any atom is -0.402 e. The van der Waals surface area contributed by atoms with Gasteiger partial charge in [-0.15, -0.1) is 0 Å². The lowest BCUT2D eigenvalue weighted by atomic mass is 10.2. The largest absolute Gasteiger partial charge is 0.631 e. The standard InChI is InChI=1S/C9H11NO.BH3O3/c1-8(11)10-7-9-5-3-2-4-6-9;2-1(3)4/h2-6H,7H2,1H3,(H,10,11);2-4H. The normalized spacial score (nSPS) is 8.53. The number of hydrogen-bond donors (Lipinski definition) is 4. The molecule has 0 unspecified atom stereocenters. The Balaban J connectivity index is 0.000000423. The van der Waals surface area contributed by atoms with Gasteiger partial charge in [-0.1, -0.05) is 30.3 Å². The van der Waals surface area contributed by atoms with Crippen LogP contribution in [0.2, 0.25) is 0 Å². The Labute approximate surface area is 88.6 Å². The molecule has 0 aliphatic heterocycles. The number of hydrogen-bond acceptors (Lipinski definition) is 4. The van der Waals surface area contributed by atoms with Gasteiger partial charge in [0, 0.05) is 13.5 Å². The highest BCUT2D eigenvalue weighted by Crippen LogP contribution is 1.96. The van der Waals surface area contributed by atoms with Gasteiger partial charge >= 0.3 is 7.32 Å². The monoisotopic (exact) mass is 211 g/mol. The summed E-state index contributed by atoms with van der Waals surface area (Å²) in [6.07, 6.45) is 0. The topological polar surface area (TPSA) is 89.8 Å². The molecule has 0 heterocycles. The highest BCUT2D eigenvalue weighted by Gasteiger charge is 1.92. The van der Waals surface area contributed by atoms with Crippen LogP contribution in [-0.4, -0.2) is 28.3 Å². The first-order chi connectivity index (χ1) is 7.02. The molecule has 1 amide bonds. The molecule has 0 saturated heterocycles. The van der Waals surface area contributed by atoms with Gasteiger partial charge in [0.2, 0.25) is 5.91 Å². The van der Waals surface area contributed by atoms with E-state index in [1.807, 2.05) is 30.3 Å². The molecule has 1 aromatic rings. The summed E-state index contributed by atoms with van der Waals surface area (Å²) < 4.78 is 0. The average molecular weight is 211 g/mol. The fourth-order valence-electron chi connectivity index (χ4n) is 0.822. The highest BCUT2D eigenvalue weighted by atomic mass is 16.5. The smallest absolute Gasteiger partial charge is 0.402 e. The zero-order valence-electron chi connectivity index (χ0n) is 8.42. The highest BCUT2D eigenvalue weighted by molar-refractivity contribution is 6.30. The molecular formula is C9H14BNO4. The Hall–Kier alpha value is -1.37. The van der Waals surface area contributed by atoms with Crippen LogP contribution in [0.15, 0.2) is 30.3 Å². The predicted octanol–water partition coefficient (Wildman–Crippen LogP) is -0.729. The summed E-state index contributed by atoms with van der Waals surface area (Å²) >= 11 is 0.